The maximum atomic E-state index is 12.5. The van der Waals surface area contributed by atoms with E-state index in [-0.39, 0.29) is 10.8 Å². The second-order valence-electron chi connectivity index (χ2n) is 5.53. The van der Waals surface area contributed by atoms with Gasteiger partial charge in [-0.1, -0.05) is 23.8 Å². The molecule has 0 fully saturated rings. The van der Waals surface area contributed by atoms with Crippen molar-refractivity contribution in [2.45, 2.75) is 32.6 Å². The van der Waals surface area contributed by atoms with Gasteiger partial charge in [-0.25, -0.2) is 8.42 Å². The van der Waals surface area contributed by atoms with Gasteiger partial charge in [-0.15, -0.1) is 0 Å². The Bertz CT molecular complexity index is 841. The molecule has 122 valence electrons. The van der Waals surface area contributed by atoms with E-state index in [1.165, 1.54) is 6.92 Å². The third kappa shape index (κ3) is 3.90. The van der Waals surface area contributed by atoms with Crippen LogP contribution in [0.3, 0.4) is 0 Å². The van der Waals surface area contributed by atoms with E-state index < -0.39 is 10.0 Å². The fourth-order valence-electron chi connectivity index (χ4n) is 2.25. The van der Waals surface area contributed by atoms with Crippen LogP contribution in [0, 0.1) is 20.8 Å². The summed E-state index contributed by atoms with van der Waals surface area (Å²) in [5, 5.41) is 2.74. The molecule has 0 atom stereocenters. The van der Waals surface area contributed by atoms with Gasteiger partial charge < -0.3 is 5.32 Å². The predicted octanol–water partition coefficient (Wildman–Crippen LogP) is 3.37. The standard InChI is InChI=1S/C17H20N2O3S/c1-11-5-8-15(9-6-11)23(21,22)19-16-10-7-12(2)17(13(16)3)18-14(4)20/h5-10,19H,1-4H3,(H,18,20). The van der Waals surface area contributed by atoms with Gasteiger partial charge in [0.25, 0.3) is 10.0 Å². The van der Waals surface area contributed by atoms with Crippen molar-refractivity contribution in [2.75, 3.05) is 10.0 Å². The van der Waals surface area contributed by atoms with Gasteiger partial charge >= 0.3 is 0 Å². The maximum Gasteiger partial charge on any atom is 0.261 e. The van der Waals surface area contributed by atoms with Crippen molar-refractivity contribution in [3.63, 3.8) is 0 Å². The second-order valence-corrected chi connectivity index (χ2v) is 7.21. The number of amides is 1. The molecule has 0 heterocycles. The highest BCUT2D eigenvalue weighted by atomic mass is 32.2. The van der Waals surface area contributed by atoms with Crippen molar-refractivity contribution < 1.29 is 13.2 Å². The molecule has 2 N–H and O–H groups in total. The highest BCUT2D eigenvalue weighted by Gasteiger charge is 2.17. The molecule has 0 aliphatic heterocycles. The van der Waals surface area contributed by atoms with E-state index in [1.807, 2.05) is 13.8 Å². The minimum atomic E-state index is -3.67. The third-order valence-electron chi connectivity index (χ3n) is 3.55. The predicted molar refractivity (Wildman–Crippen MR) is 92.2 cm³/mol. The van der Waals surface area contributed by atoms with Crippen molar-refractivity contribution in [1.82, 2.24) is 0 Å². The molecule has 2 rings (SSSR count). The van der Waals surface area contributed by atoms with E-state index in [4.69, 9.17) is 0 Å². The average molecular weight is 332 g/mol. The van der Waals surface area contributed by atoms with Gasteiger partial charge in [0.1, 0.15) is 0 Å². The van der Waals surface area contributed by atoms with Gasteiger partial charge in [-0.2, -0.15) is 0 Å². The number of carbonyl (C=O) groups excluding carboxylic acids is 1. The number of nitrogens with one attached hydrogen (secondary N) is 2. The summed E-state index contributed by atoms with van der Waals surface area (Å²) in [6.07, 6.45) is 0. The van der Waals surface area contributed by atoms with Gasteiger partial charge in [0.15, 0.2) is 0 Å². The molecule has 0 spiro atoms. The number of hydrogen-bond donors (Lipinski definition) is 2. The maximum absolute atomic E-state index is 12.5. The lowest BCUT2D eigenvalue weighted by molar-refractivity contribution is -0.114. The molecular weight excluding hydrogens is 312 g/mol. The van der Waals surface area contributed by atoms with Crippen LogP contribution >= 0.6 is 0 Å². The molecule has 0 aromatic heterocycles. The molecule has 5 nitrogen and oxygen atoms in total. The fourth-order valence-corrected chi connectivity index (χ4v) is 3.37. The van der Waals surface area contributed by atoms with Crippen molar-refractivity contribution in [1.29, 1.82) is 0 Å². The molecule has 23 heavy (non-hydrogen) atoms. The quantitative estimate of drug-likeness (QED) is 0.901. The molecule has 0 aliphatic carbocycles. The number of rotatable bonds is 4. The van der Waals surface area contributed by atoms with Crippen LogP contribution in [0.4, 0.5) is 11.4 Å². The van der Waals surface area contributed by atoms with Crippen LogP contribution in [0.25, 0.3) is 0 Å². The minimum Gasteiger partial charge on any atom is -0.326 e. The number of hydrogen-bond acceptors (Lipinski definition) is 3. The van der Waals surface area contributed by atoms with Crippen LogP contribution in [0.2, 0.25) is 0 Å². The molecule has 6 heteroatoms. The molecule has 1 amide bonds. The van der Waals surface area contributed by atoms with Gasteiger partial charge in [0.2, 0.25) is 5.91 Å². The van der Waals surface area contributed by atoms with Gasteiger partial charge in [-0.3, -0.25) is 9.52 Å². The lowest BCUT2D eigenvalue weighted by Crippen LogP contribution is -2.15. The minimum absolute atomic E-state index is 0.198. The largest absolute Gasteiger partial charge is 0.326 e. The van der Waals surface area contributed by atoms with Crippen LogP contribution in [0.1, 0.15) is 23.6 Å². The highest BCUT2D eigenvalue weighted by molar-refractivity contribution is 7.92. The summed E-state index contributed by atoms with van der Waals surface area (Å²) >= 11 is 0. The second kappa shape index (κ2) is 6.42. The van der Waals surface area contributed by atoms with Crippen LogP contribution in [-0.4, -0.2) is 14.3 Å². The topological polar surface area (TPSA) is 75.3 Å². The van der Waals surface area contributed by atoms with Crippen LogP contribution < -0.4 is 10.0 Å². The monoisotopic (exact) mass is 332 g/mol. The Balaban J connectivity index is 2.40. The summed E-state index contributed by atoms with van der Waals surface area (Å²) in [7, 11) is -3.67. The Kier molecular flexibility index (Phi) is 4.75. The van der Waals surface area contributed by atoms with Crippen LogP contribution in [0.15, 0.2) is 41.3 Å². The van der Waals surface area contributed by atoms with Crippen LogP contribution in [0.5, 0.6) is 0 Å². The van der Waals surface area contributed by atoms with E-state index in [9.17, 15) is 13.2 Å². The Labute approximate surface area is 136 Å². The van der Waals surface area contributed by atoms with Crippen molar-refractivity contribution in [3.8, 4) is 0 Å². The first-order valence-corrected chi connectivity index (χ1v) is 8.66. The average Bonchev–Trinajstić information content (AvgIpc) is 2.47. The Morgan fingerprint density at radius 1 is 0.957 bits per heavy atom. The lowest BCUT2D eigenvalue weighted by Gasteiger charge is -2.16. The molecule has 0 aliphatic rings. The first-order valence-electron chi connectivity index (χ1n) is 7.18. The summed E-state index contributed by atoms with van der Waals surface area (Å²) in [6, 6.07) is 10.1. The summed E-state index contributed by atoms with van der Waals surface area (Å²) in [5.74, 6) is -0.199. The molecule has 0 saturated carbocycles. The molecule has 2 aromatic rings. The number of carbonyl (C=O) groups is 1. The molecular formula is C17H20N2O3S. The van der Waals surface area contributed by atoms with Crippen molar-refractivity contribution >= 4 is 27.3 Å². The van der Waals surface area contributed by atoms with E-state index >= 15 is 0 Å². The fraction of sp³-hybridized carbons (Fsp3) is 0.235. The summed E-state index contributed by atoms with van der Waals surface area (Å²) in [4.78, 5) is 11.5. The smallest absolute Gasteiger partial charge is 0.261 e. The van der Waals surface area contributed by atoms with E-state index in [1.54, 1.807) is 43.3 Å². The highest BCUT2D eigenvalue weighted by Crippen LogP contribution is 2.29. The molecule has 2 aromatic carbocycles. The summed E-state index contributed by atoms with van der Waals surface area (Å²) < 4.78 is 27.6. The first kappa shape index (κ1) is 17.0. The van der Waals surface area contributed by atoms with Crippen molar-refractivity contribution in [3.05, 3.63) is 53.1 Å². The van der Waals surface area contributed by atoms with Gasteiger partial charge in [-0.05, 0) is 50.1 Å². The number of aryl methyl sites for hydroxylation is 2. The first-order chi connectivity index (χ1) is 10.7. The zero-order valence-electron chi connectivity index (χ0n) is 13.6. The number of anilines is 2. The van der Waals surface area contributed by atoms with Gasteiger partial charge in [0, 0.05) is 12.6 Å². The number of benzene rings is 2. The Morgan fingerprint density at radius 2 is 1.57 bits per heavy atom. The Hall–Kier alpha value is -2.34. The zero-order chi connectivity index (χ0) is 17.2. The van der Waals surface area contributed by atoms with Crippen molar-refractivity contribution in [2.24, 2.45) is 0 Å². The molecule has 0 unspecified atom stereocenters. The Morgan fingerprint density at radius 3 is 2.13 bits per heavy atom. The number of sulfonamides is 1. The SMILES string of the molecule is CC(=O)Nc1c(C)ccc(NS(=O)(=O)c2ccc(C)cc2)c1C. The summed E-state index contributed by atoms with van der Waals surface area (Å²) in [5.41, 5.74) is 3.61. The summed E-state index contributed by atoms with van der Waals surface area (Å²) in [6.45, 7) is 6.94. The zero-order valence-corrected chi connectivity index (χ0v) is 14.4. The molecule has 0 saturated heterocycles. The van der Waals surface area contributed by atoms with Crippen LogP contribution in [-0.2, 0) is 14.8 Å². The molecule has 0 radical (unpaired) electrons. The van der Waals surface area contributed by atoms with E-state index in [0.29, 0.717) is 16.9 Å². The van der Waals surface area contributed by atoms with E-state index in [0.717, 1.165) is 11.1 Å². The third-order valence-corrected chi connectivity index (χ3v) is 4.93. The normalized spacial score (nSPS) is 11.1. The molecule has 0 bridgehead atoms. The van der Waals surface area contributed by atoms with E-state index in [2.05, 4.69) is 10.0 Å². The van der Waals surface area contributed by atoms with Gasteiger partial charge in [0.05, 0.1) is 10.6 Å². The lowest BCUT2D eigenvalue weighted by atomic mass is 10.1.